The van der Waals surface area contributed by atoms with E-state index in [1.54, 1.807) is 37.3 Å². The van der Waals surface area contributed by atoms with E-state index >= 15 is 0 Å². The molecule has 21 heavy (non-hydrogen) atoms. The second kappa shape index (κ2) is 6.05. The minimum Gasteiger partial charge on any atom is -0.508 e. The third kappa shape index (κ3) is 3.66. The standard InChI is InChI=1S/C15H17NO4S/c1-3-20-14-8-5-12(6-9-14)16-21(18,19)15-10-13(17)7-4-11(15)2/h4-10,16-17H,3H2,1-2H3. The Morgan fingerprint density at radius 1 is 1.14 bits per heavy atom. The maximum Gasteiger partial charge on any atom is 0.262 e. The van der Waals surface area contributed by atoms with Crippen LogP contribution >= 0.6 is 0 Å². The van der Waals surface area contributed by atoms with Gasteiger partial charge in [0.05, 0.1) is 11.5 Å². The van der Waals surface area contributed by atoms with E-state index in [1.807, 2.05) is 6.92 Å². The van der Waals surface area contributed by atoms with Crippen LogP contribution in [0.25, 0.3) is 0 Å². The molecule has 0 aliphatic heterocycles. The Morgan fingerprint density at radius 3 is 2.43 bits per heavy atom. The summed E-state index contributed by atoms with van der Waals surface area (Å²) < 4.78 is 32.4. The van der Waals surface area contributed by atoms with Crippen LogP contribution < -0.4 is 9.46 Å². The molecule has 0 saturated carbocycles. The van der Waals surface area contributed by atoms with E-state index in [9.17, 15) is 13.5 Å². The number of hydrogen-bond donors (Lipinski definition) is 2. The largest absolute Gasteiger partial charge is 0.508 e. The molecule has 0 unspecified atom stereocenters. The molecular weight excluding hydrogens is 290 g/mol. The highest BCUT2D eigenvalue weighted by molar-refractivity contribution is 7.92. The van der Waals surface area contributed by atoms with Crippen LogP contribution in [0.1, 0.15) is 12.5 Å². The van der Waals surface area contributed by atoms with Crippen LogP contribution in [0.15, 0.2) is 47.4 Å². The lowest BCUT2D eigenvalue weighted by atomic mass is 10.2. The molecule has 2 N–H and O–H groups in total. The molecule has 0 fully saturated rings. The summed E-state index contributed by atoms with van der Waals surface area (Å²) in [4.78, 5) is 0.0522. The van der Waals surface area contributed by atoms with Gasteiger partial charge in [0.2, 0.25) is 0 Å². The number of benzene rings is 2. The van der Waals surface area contributed by atoms with Gasteiger partial charge in [0.1, 0.15) is 11.5 Å². The highest BCUT2D eigenvalue weighted by atomic mass is 32.2. The average Bonchev–Trinajstić information content (AvgIpc) is 2.43. The molecule has 2 rings (SSSR count). The van der Waals surface area contributed by atoms with Crippen molar-refractivity contribution in [1.29, 1.82) is 0 Å². The maximum absolute atomic E-state index is 12.3. The van der Waals surface area contributed by atoms with E-state index in [0.717, 1.165) is 0 Å². The first-order chi connectivity index (χ1) is 9.92. The van der Waals surface area contributed by atoms with Crippen LogP contribution in [0.3, 0.4) is 0 Å². The van der Waals surface area contributed by atoms with Crippen molar-refractivity contribution in [3.05, 3.63) is 48.0 Å². The van der Waals surface area contributed by atoms with Gasteiger partial charge < -0.3 is 9.84 Å². The fraction of sp³-hybridized carbons (Fsp3) is 0.200. The summed E-state index contributed by atoms with van der Waals surface area (Å²) in [6.07, 6.45) is 0. The van der Waals surface area contributed by atoms with Crippen molar-refractivity contribution in [2.75, 3.05) is 11.3 Å². The van der Waals surface area contributed by atoms with Crippen molar-refractivity contribution < 1.29 is 18.3 Å². The predicted octanol–water partition coefficient (Wildman–Crippen LogP) is 2.90. The number of phenols is 1. The number of sulfonamides is 1. The van der Waals surface area contributed by atoms with Gasteiger partial charge in [-0.3, -0.25) is 4.72 Å². The minimum absolute atomic E-state index is 0.0522. The summed E-state index contributed by atoms with van der Waals surface area (Å²) >= 11 is 0. The number of aryl methyl sites for hydroxylation is 1. The number of hydrogen-bond acceptors (Lipinski definition) is 4. The second-order valence-electron chi connectivity index (χ2n) is 4.51. The molecule has 0 aliphatic rings. The SMILES string of the molecule is CCOc1ccc(NS(=O)(=O)c2cc(O)ccc2C)cc1. The molecule has 0 aromatic heterocycles. The first kappa shape index (κ1) is 15.2. The monoisotopic (exact) mass is 307 g/mol. The number of anilines is 1. The molecule has 112 valence electrons. The number of phenolic OH excluding ortho intramolecular Hbond substituents is 1. The molecule has 0 spiro atoms. The van der Waals surface area contributed by atoms with Crippen molar-refractivity contribution in [1.82, 2.24) is 0 Å². The summed E-state index contributed by atoms with van der Waals surface area (Å²) in [6.45, 7) is 4.10. The zero-order valence-corrected chi connectivity index (χ0v) is 12.6. The summed E-state index contributed by atoms with van der Waals surface area (Å²) in [5.41, 5.74) is 0.993. The molecule has 2 aromatic carbocycles. The molecule has 5 nitrogen and oxygen atoms in total. The lowest BCUT2D eigenvalue weighted by Gasteiger charge is -2.11. The zero-order valence-electron chi connectivity index (χ0n) is 11.8. The number of rotatable bonds is 5. The van der Waals surface area contributed by atoms with E-state index in [0.29, 0.717) is 23.6 Å². The zero-order chi connectivity index (χ0) is 15.5. The Kier molecular flexibility index (Phi) is 4.37. The third-order valence-electron chi connectivity index (χ3n) is 2.88. The van der Waals surface area contributed by atoms with Crippen molar-refractivity contribution in [3.63, 3.8) is 0 Å². The quantitative estimate of drug-likeness (QED) is 0.890. The third-order valence-corrected chi connectivity index (χ3v) is 4.40. The van der Waals surface area contributed by atoms with Crippen molar-refractivity contribution in [3.8, 4) is 11.5 Å². The van der Waals surface area contributed by atoms with E-state index in [2.05, 4.69) is 4.72 Å². The van der Waals surface area contributed by atoms with Crippen LogP contribution in [0, 0.1) is 6.92 Å². The summed E-state index contributed by atoms with van der Waals surface area (Å²) in [7, 11) is -3.74. The van der Waals surface area contributed by atoms with E-state index in [-0.39, 0.29) is 10.6 Å². The van der Waals surface area contributed by atoms with Gasteiger partial charge in [-0.15, -0.1) is 0 Å². The Labute approximate surface area is 124 Å². The number of aromatic hydroxyl groups is 1. The Bertz CT molecular complexity index is 724. The van der Waals surface area contributed by atoms with Crippen LogP contribution in [-0.4, -0.2) is 20.1 Å². The number of nitrogens with one attached hydrogen (secondary N) is 1. The average molecular weight is 307 g/mol. The van der Waals surface area contributed by atoms with Gasteiger partial charge in [-0.05, 0) is 49.7 Å². The number of ether oxygens (including phenoxy) is 1. The van der Waals surface area contributed by atoms with Crippen LogP contribution in [-0.2, 0) is 10.0 Å². The minimum atomic E-state index is -3.74. The van der Waals surface area contributed by atoms with Crippen LogP contribution in [0.2, 0.25) is 0 Å². The molecule has 0 aliphatic carbocycles. The van der Waals surface area contributed by atoms with Crippen LogP contribution in [0.5, 0.6) is 11.5 Å². The molecule has 0 saturated heterocycles. The predicted molar refractivity (Wildman–Crippen MR) is 81.3 cm³/mol. The first-order valence-electron chi connectivity index (χ1n) is 6.47. The molecular formula is C15H17NO4S. The normalized spacial score (nSPS) is 11.1. The van der Waals surface area contributed by atoms with Gasteiger partial charge in [-0.2, -0.15) is 0 Å². The molecule has 0 heterocycles. The molecule has 6 heteroatoms. The van der Waals surface area contributed by atoms with E-state index in [4.69, 9.17) is 4.74 Å². The van der Waals surface area contributed by atoms with Gasteiger partial charge in [-0.1, -0.05) is 6.07 Å². The second-order valence-corrected chi connectivity index (χ2v) is 6.16. The Morgan fingerprint density at radius 2 is 1.81 bits per heavy atom. The lowest BCUT2D eigenvalue weighted by Crippen LogP contribution is -2.14. The summed E-state index contributed by atoms with van der Waals surface area (Å²) in [6, 6.07) is 10.9. The Hall–Kier alpha value is -2.21. The fourth-order valence-electron chi connectivity index (χ4n) is 1.87. The van der Waals surface area contributed by atoms with Gasteiger partial charge >= 0.3 is 0 Å². The van der Waals surface area contributed by atoms with E-state index < -0.39 is 10.0 Å². The summed E-state index contributed by atoms with van der Waals surface area (Å²) in [5.74, 6) is 0.585. The smallest absolute Gasteiger partial charge is 0.262 e. The van der Waals surface area contributed by atoms with Crippen molar-refractivity contribution in [2.45, 2.75) is 18.7 Å². The highest BCUT2D eigenvalue weighted by Crippen LogP contribution is 2.24. The van der Waals surface area contributed by atoms with Crippen molar-refractivity contribution in [2.24, 2.45) is 0 Å². The topological polar surface area (TPSA) is 75.6 Å². The van der Waals surface area contributed by atoms with Crippen LogP contribution in [0.4, 0.5) is 5.69 Å². The van der Waals surface area contributed by atoms with Crippen molar-refractivity contribution >= 4 is 15.7 Å². The lowest BCUT2D eigenvalue weighted by molar-refractivity contribution is 0.340. The molecule has 0 bridgehead atoms. The Balaban J connectivity index is 2.26. The highest BCUT2D eigenvalue weighted by Gasteiger charge is 2.17. The molecule has 2 aromatic rings. The molecule has 0 radical (unpaired) electrons. The van der Waals surface area contributed by atoms with E-state index in [1.165, 1.54) is 12.1 Å². The molecule has 0 atom stereocenters. The first-order valence-corrected chi connectivity index (χ1v) is 7.96. The maximum atomic E-state index is 12.3. The fourth-order valence-corrected chi connectivity index (χ4v) is 3.20. The van der Waals surface area contributed by atoms with Gasteiger partial charge in [0, 0.05) is 11.8 Å². The summed E-state index contributed by atoms with van der Waals surface area (Å²) in [5, 5.41) is 9.45. The molecule has 0 amide bonds. The van der Waals surface area contributed by atoms with Gasteiger partial charge in [-0.25, -0.2) is 8.42 Å². The van der Waals surface area contributed by atoms with Gasteiger partial charge in [0.15, 0.2) is 0 Å². The van der Waals surface area contributed by atoms with Gasteiger partial charge in [0.25, 0.3) is 10.0 Å².